The number of anilines is 1. The second-order valence-electron chi connectivity index (χ2n) is 6.43. The summed E-state index contributed by atoms with van der Waals surface area (Å²) in [4.78, 5) is 28.3. The Morgan fingerprint density at radius 3 is 2.67 bits per heavy atom. The van der Waals surface area contributed by atoms with Gasteiger partial charge in [-0.3, -0.25) is 4.79 Å². The van der Waals surface area contributed by atoms with E-state index >= 15 is 0 Å². The van der Waals surface area contributed by atoms with E-state index in [-0.39, 0.29) is 11.9 Å². The number of fused-ring (bicyclic) bond motifs is 1. The van der Waals surface area contributed by atoms with Crippen LogP contribution in [0.25, 0.3) is 0 Å². The quantitative estimate of drug-likeness (QED) is 0.872. The number of primary amides is 1. The Labute approximate surface area is 163 Å². The first-order valence-corrected chi connectivity index (χ1v) is 9.18. The first kappa shape index (κ1) is 19.0. The van der Waals surface area contributed by atoms with Crippen LogP contribution in [0, 0.1) is 0 Å². The van der Waals surface area contributed by atoms with Crippen LogP contribution in [0.5, 0.6) is 5.75 Å². The maximum atomic E-state index is 13.3. The molecule has 2 aromatic carbocycles. The average Bonchev–Trinajstić information content (AvgIpc) is 2.78. The summed E-state index contributed by atoms with van der Waals surface area (Å²) in [6.07, 6.45) is 0. The molecule has 3 amide bonds. The van der Waals surface area contributed by atoms with Gasteiger partial charge in [-0.1, -0.05) is 29.8 Å². The summed E-state index contributed by atoms with van der Waals surface area (Å²) in [6.45, 7) is 4.95. The molecule has 0 saturated carbocycles. The molecule has 0 aromatic heterocycles. The monoisotopic (exact) mass is 387 g/mol. The molecule has 0 saturated heterocycles. The zero-order valence-electron chi connectivity index (χ0n) is 15.3. The minimum atomic E-state index is -0.509. The van der Waals surface area contributed by atoms with Gasteiger partial charge in [0.05, 0.1) is 17.2 Å². The number of carbonyl (C=O) groups is 2. The summed E-state index contributed by atoms with van der Waals surface area (Å²) in [5, 5.41) is 0.326. The number of nitrogens with two attached hydrogens (primary N) is 1. The van der Waals surface area contributed by atoms with Crippen LogP contribution in [-0.2, 0) is 6.54 Å². The number of benzene rings is 2. The Morgan fingerprint density at radius 1 is 1.26 bits per heavy atom. The van der Waals surface area contributed by atoms with Gasteiger partial charge in [-0.15, -0.1) is 0 Å². The van der Waals surface area contributed by atoms with Gasteiger partial charge in [-0.25, -0.2) is 4.79 Å². The van der Waals surface area contributed by atoms with E-state index in [2.05, 4.69) is 0 Å². The highest BCUT2D eigenvalue weighted by atomic mass is 35.5. The van der Waals surface area contributed by atoms with Gasteiger partial charge in [-0.05, 0) is 43.7 Å². The molecule has 1 heterocycles. The average molecular weight is 388 g/mol. The van der Waals surface area contributed by atoms with Crippen molar-refractivity contribution < 1.29 is 14.3 Å². The molecule has 1 unspecified atom stereocenters. The topological polar surface area (TPSA) is 75.9 Å². The standard InChI is InChI=1S/C20H22ClN3O3/c1-3-27-15-8-9-16(17(21)10-15)19(25)24-11-13(2)23(20(22)26)12-14-6-4-5-7-18(14)24/h4-10,13H,3,11-12H2,1-2H3,(H2,22,26). The summed E-state index contributed by atoms with van der Waals surface area (Å²) >= 11 is 6.35. The molecule has 1 atom stereocenters. The van der Waals surface area contributed by atoms with Gasteiger partial charge < -0.3 is 20.3 Å². The molecule has 0 aliphatic carbocycles. The minimum absolute atomic E-state index is 0.228. The zero-order chi connectivity index (χ0) is 19.6. The Kier molecular flexibility index (Phi) is 5.56. The lowest BCUT2D eigenvalue weighted by Crippen LogP contribution is -2.46. The number of amides is 3. The van der Waals surface area contributed by atoms with Crippen molar-refractivity contribution in [1.29, 1.82) is 0 Å². The van der Waals surface area contributed by atoms with E-state index in [4.69, 9.17) is 22.1 Å². The molecule has 0 fully saturated rings. The molecule has 1 aliphatic rings. The Bertz CT molecular complexity index is 871. The predicted molar refractivity (Wildman–Crippen MR) is 105 cm³/mol. The first-order chi connectivity index (χ1) is 12.9. The van der Waals surface area contributed by atoms with Crippen LogP contribution >= 0.6 is 11.6 Å². The molecule has 0 spiro atoms. The van der Waals surface area contributed by atoms with E-state index in [0.717, 1.165) is 11.3 Å². The third-order valence-electron chi connectivity index (χ3n) is 4.61. The number of hydrogen-bond acceptors (Lipinski definition) is 3. The highest BCUT2D eigenvalue weighted by molar-refractivity contribution is 6.34. The van der Waals surface area contributed by atoms with Gasteiger partial charge >= 0.3 is 6.03 Å². The number of halogens is 1. The summed E-state index contributed by atoms with van der Waals surface area (Å²) in [7, 11) is 0. The number of nitrogens with zero attached hydrogens (tertiary/aromatic N) is 2. The highest BCUT2D eigenvalue weighted by Crippen LogP contribution is 2.31. The third-order valence-corrected chi connectivity index (χ3v) is 4.92. The van der Waals surface area contributed by atoms with E-state index < -0.39 is 6.03 Å². The second kappa shape index (κ2) is 7.88. The van der Waals surface area contributed by atoms with Crippen LogP contribution in [0.15, 0.2) is 42.5 Å². The van der Waals surface area contributed by atoms with Gasteiger partial charge in [-0.2, -0.15) is 0 Å². The summed E-state index contributed by atoms with van der Waals surface area (Å²) in [5.74, 6) is 0.386. The van der Waals surface area contributed by atoms with Crippen molar-refractivity contribution in [2.75, 3.05) is 18.1 Å². The summed E-state index contributed by atoms with van der Waals surface area (Å²) in [6, 6.07) is 11.8. The Hall–Kier alpha value is -2.73. The van der Waals surface area contributed by atoms with E-state index in [1.54, 1.807) is 28.0 Å². The largest absolute Gasteiger partial charge is 0.494 e. The number of rotatable bonds is 3. The maximum Gasteiger partial charge on any atom is 0.315 e. The van der Waals surface area contributed by atoms with Crippen molar-refractivity contribution in [2.24, 2.45) is 5.73 Å². The van der Waals surface area contributed by atoms with Crippen LogP contribution in [0.3, 0.4) is 0 Å². The molecule has 3 rings (SSSR count). The number of hydrogen-bond donors (Lipinski definition) is 1. The highest BCUT2D eigenvalue weighted by Gasteiger charge is 2.31. The normalized spacial score (nSPS) is 16.5. The zero-order valence-corrected chi connectivity index (χ0v) is 16.1. The number of urea groups is 1. The number of ether oxygens (including phenoxy) is 1. The predicted octanol–water partition coefficient (Wildman–Crippen LogP) is 3.67. The van der Waals surface area contributed by atoms with Crippen LogP contribution in [0.1, 0.15) is 29.8 Å². The lowest BCUT2D eigenvalue weighted by molar-refractivity contribution is 0.0980. The summed E-state index contributed by atoms with van der Waals surface area (Å²) in [5.41, 5.74) is 7.53. The van der Waals surface area contributed by atoms with Crippen molar-refractivity contribution in [2.45, 2.75) is 26.4 Å². The smallest absolute Gasteiger partial charge is 0.315 e. The Morgan fingerprint density at radius 2 is 2.00 bits per heavy atom. The molecule has 0 bridgehead atoms. The fourth-order valence-corrected chi connectivity index (χ4v) is 3.52. The molecular weight excluding hydrogens is 366 g/mol. The van der Waals surface area contributed by atoms with Crippen LogP contribution in [-0.4, -0.2) is 36.0 Å². The molecule has 7 heteroatoms. The molecule has 1 aliphatic heterocycles. The van der Waals surface area contributed by atoms with Crippen LogP contribution in [0.2, 0.25) is 5.02 Å². The molecule has 142 valence electrons. The number of para-hydroxylation sites is 1. The van der Waals surface area contributed by atoms with Gasteiger partial charge in [0.15, 0.2) is 0 Å². The maximum absolute atomic E-state index is 13.3. The van der Waals surface area contributed by atoms with E-state index in [9.17, 15) is 9.59 Å². The molecule has 2 N–H and O–H groups in total. The lowest BCUT2D eigenvalue weighted by atomic mass is 10.1. The van der Waals surface area contributed by atoms with Gasteiger partial charge in [0.1, 0.15) is 5.75 Å². The van der Waals surface area contributed by atoms with Crippen molar-refractivity contribution >= 4 is 29.2 Å². The third kappa shape index (κ3) is 3.85. The fraction of sp³-hybridized carbons (Fsp3) is 0.300. The van der Waals surface area contributed by atoms with Crippen molar-refractivity contribution in [3.05, 3.63) is 58.6 Å². The molecule has 27 heavy (non-hydrogen) atoms. The summed E-state index contributed by atoms with van der Waals surface area (Å²) < 4.78 is 5.43. The fourth-order valence-electron chi connectivity index (χ4n) is 3.27. The molecule has 2 aromatic rings. The molecular formula is C20H22ClN3O3. The minimum Gasteiger partial charge on any atom is -0.494 e. The SMILES string of the molecule is CCOc1ccc(C(=O)N2CC(C)N(C(N)=O)Cc3ccccc32)c(Cl)c1. The van der Waals surface area contributed by atoms with Crippen LogP contribution in [0.4, 0.5) is 10.5 Å². The van der Waals surface area contributed by atoms with Crippen molar-refractivity contribution in [1.82, 2.24) is 4.90 Å². The molecule has 0 radical (unpaired) electrons. The second-order valence-corrected chi connectivity index (χ2v) is 6.84. The lowest BCUT2D eigenvalue weighted by Gasteiger charge is -2.28. The first-order valence-electron chi connectivity index (χ1n) is 8.80. The van der Waals surface area contributed by atoms with E-state index in [0.29, 0.717) is 36.0 Å². The van der Waals surface area contributed by atoms with E-state index in [1.807, 2.05) is 38.1 Å². The number of carbonyl (C=O) groups excluding carboxylic acids is 2. The van der Waals surface area contributed by atoms with Crippen LogP contribution < -0.4 is 15.4 Å². The van der Waals surface area contributed by atoms with E-state index in [1.165, 1.54) is 0 Å². The van der Waals surface area contributed by atoms with Gasteiger partial charge in [0, 0.05) is 24.8 Å². The van der Waals surface area contributed by atoms with Crippen molar-refractivity contribution in [3.8, 4) is 5.75 Å². The molecule has 6 nitrogen and oxygen atoms in total. The Balaban J connectivity index is 2.00. The van der Waals surface area contributed by atoms with Crippen molar-refractivity contribution in [3.63, 3.8) is 0 Å². The van der Waals surface area contributed by atoms with Gasteiger partial charge in [0.25, 0.3) is 5.91 Å². The van der Waals surface area contributed by atoms with Gasteiger partial charge in [0.2, 0.25) is 0 Å².